The smallest absolute Gasteiger partial charge is 0.180 e. The zero-order valence-corrected chi connectivity index (χ0v) is 12.3. The second-order valence-corrected chi connectivity index (χ2v) is 5.08. The molecule has 0 unspecified atom stereocenters. The maximum Gasteiger partial charge on any atom is 0.180 e. The molecular formula is C17H19N3O. The third-order valence-corrected chi connectivity index (χ3v) is 3.64. The highest BCUT2D eigenvalue weighted by molar-refractivity contribution is 5.69. The van der Waals surface area contributed by atoms with E-state index in [1.165, 1.54) is 5.56 Å². The fraction of sp³-hybridized carbons (Fsp3) is 0.235. The van der Waals surface area contributed by atoms with Crippen molar-refractivity contribution in [3.63, 3.8) is 0 Å². The van der Waals surface area contributed by atoms with Crippen molar-refractivity contribution >= 4 is 5.65 Å². The van der Waals surface area contributed by atoms with Crippen molar-refractivity contribution < 1.29 is 4.74 Å². The molecule has 0 aliphatic heterocycles. The molecule has 1 aromatic carbocycles. The van der Waals surface area contributed by atoms with Gasteiger partial charge >= 0.3 is 0 Å². The predicted octanol–water partition coefficient (Wildman–Crippen LogP) is 2.82. The van der Waals surface area contributed by atoms with Crippen LogP contribution in [0.2, 0.25) is 0 Å². The van der Waals surface area contributed by atoms with Crippen molar-refractivity contribution in [2.45, 2.75) is 13.3 Å². The number of nitrogens with zero attached hydrogens (tertiary/aromatic N) is 2. The average Bonchev–Trinajstić information content (AvgIpc) is 2.87. The van der Waals surface area contributed by atoms with Crippen molar-refractivity contribution in [1.82, 2.24) is 9.38 Å². The summed E-state index contributed by atoms with van der Waals surface area (Å²) in [7, 11) is 1.66. The quantitative estimate of drug-likeness (QED) is 0.800. The molecule has 2 heterocycles. The first-order chi connectivity index (χ1) is 10.2. The van der Waals surface area contributed by atoms with Gasteiger partial charge in [-0.1, -0.05) is 29.8 Å². The van der Waals surface area contributed by atoms with Gasteiger partial charge in [0, 0.05) is 18.2 Å². The van der Waals surface area contributed by atoms with E-state index in [4.69, 9.17) is 15.5 Å². The third-order valence-electron chi connectivity index (χ3n) is 3.64. The SMILES string of the molecule is COc1cccn2c(CCN)c(-c3ccc(C)cc3)nc12. The van der Waals surface area contributed by atoms with Crippen LogP contribution in [0.15, 0.2) is 42.6 Å². The number of rotatable bonds is 4. The summed E-state index contributed by atoms with van der Waals surface area (Å²) in [5, 5.41) is 0. The first kappa shape index (κ1) is 13.6. The van der Waals surface area contributed by atoms with Crippen molar-refractivity contribution in [2.24, 2.45) is 5.73 Å². The molecule has 0 saturated heterocycles. The number of aryl methyl sites for hydroxylation is 1. The number of fused-ring (bicyclic) bond motifs is 1. The molecular weight excluding hydrogens is 262 g/mol. The lowest BCUT2D eigenvalue weighted by molar-refractivity contribution is 0.417. The molecule has 0 radical (unpaired) electrons. The van der Waals surface area contributed by atoms with E-state index in [0.717, 1.165) is 34.8 Å². The van der Waals surface area contributed by atoms with E-state index in [9.17, 15) is 0 Å². The Balaban J connectivity index is 2.25. The van der Waals surface area contributed by atoms with Gasteiger partial charge in [0.2, 0.25) is 0 Å². The molecule has 0 aliphatic carbocycles. The molecule has 0 amide bonds. The van der Waals surface area contributed by atoms with Crippen molar-refractivity contribution in [1.29, 1.82) is 0 Å². The van der Waals surface area contributed by atoms with Crippen LogP contribution < -0.4 is 10.5 Å². The van der Waals surface area contributed by atoms with Crippen LogP contribution >= 0.6 is 0 Å². The molecule has 3 rings (SSSR count). The van der Waals surface area contributed by atoms with Gasteiger partial charge in [0.15, 0.2) is 11.4 Å². The van der Waals surface area contributed by atoms with Gasteiger partial charge in [-0.15, -0.1) is 0 Å². The molecule has 0 fully saturated rings. The molecule has 21 heavy (non-hydrogen) atoms. The topological polar surface area (TPSA) is 52.5 Å². The molecule has 2 N–H and O–H groups in total. The summed E-state index contributed by atoms with van der Waals surface area (Å²) in [6.07, 6.45) is 2.78. The predicted molar refractivity (Wildman–Crippen MR) is 84.7 cm³/mol. The lowest BCUT2D eigenvalue weighted by atomic mass is 10.1. The summed E-state index contributed by atoms with van der Waals surface area (Å²) < 4.78 is 7.48. The van der Waals surface area contributed by atoms with E-state index in [1.54, 1.807) is 7.11 Å². The number of hydrogen-bond donors (Lipinski definition) is 1. The van der Waals surface area contributed by atoms with Crippen LogP contribution in [0.5, 0.6) is 5.75 Å². The van der Waals surface area contributed by atoms with Gasteiger partial charge in [0.1, 0.15) is 0 Å². The molecule has 3 aromatic rings. The second kappa shape index (κ2) is 5.58. The van der Waals surface area contributed by atoms with E-state index >= 15 is 0 Å². The van der Waals surface area contributed by atoms with Gasteiger partial charge in [-0.3, -0.25) is 0 Å². The molecule has 0 bridgehead atoms. The number of hydrogen-bond acceptors (Lipinski definition) is 3. The zero-order valence-electron chi connectivity index (χ0n) is 12.3. The van der Waals surface area contributed by atoms with Crippen LogP contribution in [0.25, 0.3) is 16.9 Å². The minimum absolute atomic E-state index is 0.587. The van der Waals surface area contributed by atoms with Crippen LogP contribution in [0, 0.1) is 6.92 Å². The number of benzene rings is 1. The van der Waals surface area contributed by atoms with Crippen LogP contribution in [-0.4, -0.2) is 23.0 Å². The number of methoxy groups -OCH3 is 1. The fourth-order valence-electron chi connectivity index (χ4n) is 2.57. The first-order valence-corrected chi connectivity index (χ1v) is 7.05. The van der Waals surface area contributed by atoms with E-state index in [1.807, 2.05) is 18.3 Å². The molecule has 0 spiro atoms. The van der Waals surface area contributed by atoms with Crippen LogP contribution in [-0.2, 0) is 6.42 Å². The number of aromatic nitrogens is 2. The van der Waals surface area contributed by atoms with Gasteiger partial charge in [-0.25, -0.2) is 4.98 Å². The lowest BCUT2D eigenvalue weighted by Gasteiger charge is -2.05. The van der Waals surface area contributed by atoms with Gasteiger partial charge in [0.25, 0.3) is 0 Å². The highest BCUT2D eigenvalue weighted by atomic mass is 16.5. The summed E-state index contributed by atoms with van der Waals surface area (Å²) in [6.45, 7) is 2.67. The number of pyridine rings is 1. The van der Waals surface area contributed by atoms with Crippen LogP contribution in [0.1, 0.15) is 11.3 Å². The molecule has 0 aliphatic rings. The van der Waals surface area contributed by atoms with E-state index in [-0.39, 0.29) is 0 Å². The molecule has 0 saturated carbocycles. The average molecular weight is 281 g/mol. The van der Waals surface area contributed by atoms with E-state index < -0.39 is 0 Å². The Labute approximate surface area is 124 Å². The van der Waals surface area contributed by atoms with Gasteiger partial charge in [0.05, 0.1) is 18.5 Å². The standard InChI is InChI=1S/C17H19N3O/c1-12-5-7-13(8-6-12)16-14(9-10-18)20-11-3-4-15(21-2)17(20)19-16/h3-8,11H,9-10,18H2,1-2H3. The number of ether oxygens (including phenoxy) is 1. The minimum Gasteiger partial charge on any atom is -0.493 e. The van der Waals surface area contributed by atoms with E-state index in [2.05, 4.69) is 35.6 Å². The highest BCUT2D eigenvalue weighted by Crippen LogP contribution is 2.29. The summed E-state index contributed by atoms with van der Waals surface area (Å²) in [4.78, 5) is 4.78. The minimum atomic E-state index is 0.587. The maximum absolute atomic E-state index is 5.78. The Bertz CT molecular complexity index is 760. The fourth-order valence-corrected chi connectivity index (χ4v) is 2.57. The Morgan fingerprint density at radius 2 is 1.95 bits per heavy atom. The highest BCUT2D eigenvalue weighted by Gasteiger charge is 2.15. The Hall–Kier alpha value is -2.33. The second-order valence-electron chi connectivity index (χ2n) is 5.08. The molecule has 2 aromatic heterocycles. The Morgan fingerprint density at radius 3 is 2.62 bits per heavy atom. The summed E-state index contributed by atoms with van der Waals surface area (Å²) in [5.74, 6) is 0.772. The number of imidazole rings is 1. The molecule has 4 heteroatoms. The zero-order chi connectivity index (χ0) is 14.8. The maximum atomic E-state index is 5.78. The summed E-state index contributed by atoms with van der Waals surface area (Å²) >= 11 is 0. The van der Waals surface area contributed by atoms with Gasteiger partial charge in [-0.2, -0.15) is 0 Å². The Kier molecular flexibility index (Phi) is 3.62. The monoisotopic (exact) mass is 281 g/mol. The summed E-state index contributed by atoms with van der Waals surface area (Å²) in [6, 6.07) is 12.3. The van der Waals surface area contributed by atoms with Crippen molar-refractivity contribution in [3.8, 4) is 17.0 Å². The third kappa shape index (κ3) is 2.38. The largest absolute Gasteiger partial charge is 0.493 e. The van der Waals surface area contributed by atoms with Gasteiger partial charge < -0.3 is 14.9 Å². The summed E-state index contributed by atoms with van der Waals surface area (Å²) in [5.41, 5.74) is 11.1. The number of nitrogens with two attached hydrogens (primary N) is 1. The lowest BCUT2D eigenvalue weighted by Crippen LogP contribution is -2.06. The van der Waals surface area contributed by atoms with Crippen LogP contribution in [0.4, 0.5) is 0 Å². The van der Waals surface area contributed by atoms with Crippen LogP contribution in [0.3, 0.4) is 0 Å². The normalized spacial score (nSPS) is 11.0. The Morgan fingerprint density at radius 1 is 1.19 bits per heavy atom. The van der Waals surface area contributed by atoms with Gasteiger partial charge in [-0.05, 0) is 25.6 Å². The van der Waals surface area contributed by atoms with Crippen molar-refractivity contribution in [2.75, 3.05) is 13.7 Å². The van der Waals surface area contributed by atoms with Crippen molar-refractivity contribution in [3.05, 3.63) is 53.9 Å². The van der Waals surface area contributed by atoms with E-state index in [0.29, 0.717) is 6.54 Å². The molecule has 4 nitrogen and oxygen atoms in total. The molecule has 108 valence electrons. The first-order valence-electron chi connectivity index (χ1n) is 7.05. The molecule has 0 atom stereocenters.